The number of carbonyl (C=O) groups excluding carboxylic acids is 1. The molecule has 0 radical (unpaired) electrons. The lowest BCUT2D eigenvalue weighted by molar-refractivity contribution is -0.140. The number of carbonyl (C=O) groups is 1. The number of amides is 1. The topological polar surface area (TPSA) is 38.8 Å². The van der Waals surface area contributed by atoms with Gasteiger partial charge >= 0.3 is 0 Å². The fourth-order valence-corrected chi connectivity index (χ4v) is 2.84. The monoisotopic (exact) mass is 345 g/mol. The Kier molecular flexibility index (Phi) is 5.72. The second-order valence-corrected chi connectivity index (χ2v) is 6.20. The van der Waals surface area contributed by atoms with Gasteiger partial charge in [-0.25, -0.2) is 0 Å². The normalized spacial score (nSPS) is 17.5. The minimum absolute atomic E-state index is 0.0219. The van der Waals surface area contributed by atoms with Crippen molar-refractivity contribution in [1.82, 2.24) is 4.90 Å². The first-order valence-electron chi connectivity index (χ1n) is 8.02. The van der Waals surface area contributed by atoms with E-state index in [9.17, 15) is 4.79 Å². The Labute approximate surface area is 146 Å². The molecule has 1 atom stereocenters. The fourth-order valence-electron chi connectivity index (χ4n) is 2.71. The molecule has 0 spiro atoms. The predicted molar refractivity (Wildman–Crippen MR) is 93.4 cm³/mol. The number of halogens is 1. The van der Waals surface area contributed by atoms with Gasteiger partial charge in [-0.1, -0.05) is 41.9 Å². The van der Waals surface area contributed by atoms with Gasteiger partial charge in [-0.05, 0) is 29.8 Å². The molecule has 0 aliphatic carbocycles. The number of nitrogens with zero attached hydrogens (tertiary/aromatic N) is 1. The van der Waals surface area contributed by atoms with E-state index in [0.29, 0.717) is 30.5 Å². The maximum Gasteiger partial charge on any atom is 0.260 e. The third-order valence-corrected chi connectivity index (χ3v) is 4.23. The smallest absolute Gasteiger partial charge is 0.260 e. The van der Waals surface area contributed by atoms with Crippen molar-refractivity contribution in [2.24, 2.45) is 0 Å². The Morgan fingerprint density at radius 1 is 1.17 bits per heavy atom. The minimum atomic E-state index is -0.0219. The number of ether oxygens (including phenoxy) is 2. The molecule has 0 N–H and O–H groups in total. The van der Waals surface area contributed by atoms with E-state index in [-0.39, 0.29) is 18.6 Å². The largest absolute Gasteiger partial charge is 0.484 e. The van der Waals surface area contributed by atoms with Gasteiger partial charge < -0.3 is 14.4 Å². The highest BCUT2D eigenvalue weighted by Crippen LogP contribution is 2.16. The average Bonchev–Trinajstić information content (AvgIpc) is 2.62. The first kappa shape index (κ1) is 16.8. The van der Waals surface area contributed by atoms with Crippen molar-refractivity contribution >= 4 is 17.5 Å². The van der Waals surface area contributed by atoms with E-state index in [0.717, 1.165) is 6.42 Å². The first-order chi connectivity index (χ1) is 11.7. The Morgan fingerprint density at radius 3 is 2.67 bits per heavy atom. The van der Waals surface area contributed by atoms with Gasteiger partial charge in [-0.15, -0.1) is 0 Å². The summed E-state index contributed by atoms with van der Waals surface area (Å²) in [5.41, 5.74) is 1.22. The van der Waals surface area contributed by atoms with Crippen LogP contribution in [0.2, 0.25) is 5.02 Å². The Balaban J connectivity index is 1.50. The zero-order valence-electron chi connectivity index (χ0n) is 13.4. The zero-order chi connectivity index (χ0) is 16.8. The van der Waals surface area contributed by atoms with Crippen LogP contribution in [0.15, 0.2) is 54.6 Å². The summed E-state index contributed by atoms with van der Waals surface area (Å²) in [7, 11) is 0. The lowest BCUT2D eigenvalue weighted by Gasteiger charge is -2.33. The van der Waals surface area contributed by atoms with Crippen molar-refractivity contribution in [3.8, 4) is 5.75 Å². The molecule has 1 amide bonds. The summed E-state index contributed by atoms with van der Waals surface area (Å²) in [6.07, 6.45) is 0.837. The van der Waals surface area contributed by atoms with Crippen molar-refractivity contribution in [2.75, 3.05) is 26.3 Å². The van der Waals surface area contributed by atoms with Crippen LogP contribution < -0.4 is 4.74 Å². The van der Waals surface area contributed by atoms with E-state index >= 15 is 0 Å². The maximum atomic E-state index is 12.4. The van der Waals surface area contributed by atoms with Gasteiger partial charge in [0.1, 0.15) is 5.75 Å². The van der Waals surface area contributed by atoms with Crippen LogP contribution in [0, 0.1) is 0 Å². The van der Waals surface area contributed by atoms with Crippen molar-refractivity contribution < 1.29 is 14.3 Å². The van der Waals surface area contributed by atoms with Crippen LogP contribution in [0.5, 0.6) is 5.75 Å². The van der Waals surface area contributed by atoms with E-state index in [2.05, 4.69) is 12.1 Å². The van der Waals surface area contributed by atoms with Crippen molar-refractivity contribution in [3.63, 3.8) is 0 Å². The molecule has 3 rings (SSSR count). The van der Waals surface area contributed by atoms with Gasteiger partial charge in [0.2, 0.25) is 0 Å². The first-order valence-corrected chi connectivity index (χ1v) is 8.40. The molecule has 5 heteroatoms. The summed E-state index contributed by atoms with van der Waals surface area (Å²) >= 11 is 5.83. The Morgan fingerprint density at radius 2 is 1.92 bits per heavy atom. The van der Waals surface area contributed by atoms with Crippen molar-refractivity contribution in [1.29, 1.82) is 0 Å². The van der Waals surface area contributed by atoms with Crippen LogP contribution in [0.4, 0.5) is 0 Å². The zero-order valence-corrected chi connectivity index (χ0v) is 14.1. The molecule has 2 aromatic carbocycles. The van der Waals surface area contributed by atoms with Crippen LogP contribution in [0.3, 0.4) is 0 Å². The van der Waals surface area contributed by atoms with E-state index < -0.39 is 0 Å². The fraction of sp³-hybridized carbons (Fsp3) is 0.316. The lowest BCUT2D eigenvalue weighted by Crippen LogP contribution is -2.47. The van der Waals surface area contributed by atoms with Crippen LogP contribution >= 0.6 is 11.6 Å². The van der Waals surface area contributed by atoms with E-state index in [1.807, 2.05) is 23.1 Å². The molecule has 24 heavy (non-hydrogen) atoms. The van der Waals surface area contributed by atoms with Crippen LogP contribution in [-0.4, -0.2) is 43.2 Å². The molecule has 0 bridgehead atoms. The predicted octanol–water partition coefficient (Wildman–Crippen LogP) is 3.19. The molecule has 1 saturated heterocycles. The van der Waals surface area contributed by atoms with Crippen LogP contribution in [0.1, 0.15) is 5.56 Å². The lowest BCUT2D eigenvalue weighted by atomic mass is 10.1. The summed E-state index contributed by atoms with van der Waals surface area (Å²) in [6.45, 7) is 1.79. The molecule has 0 aromatic heterocycles. The molecule has 1 unspecified atom stereocenters. The SMILES string of the molecule is O=C(COc1ccc(Cl)cc1)N1CCOC(Cc2ccccc2)C1. The third kappa shape index (κ3) is 4.73. The molecular formula is C19H20ClNO3. The summed E-state index contributed by atoms with van der Waals surface area (Å²) in [6, 6.07) is 17.2. The highest BCUT2D eigenvalue weighted by atomic mass is 35.5. The van der Waals surface area contributed by atoms with Gasteiger partial charge in [0.05, 0.1) is 12.7 Å². The standard InChI is InChI=1S/C19H20ClNO3/c20-16-6-8-17(9-7-16)24-14-19(22)21-10-11-23-18(13-21)12-15-4-2-1-3-5-15/h1-9,18H,10-14H2. The Bertz CT molecular complexity index is 660. The minimum Gasteiger partial charge on any atom is -0.484 e. The summed E-state index contributed by atoms with van der Waals surface area (Å²) in [5, 5.41) is 0.644. The number of hydrogen-bond acceptors (Lipinski definition) is 3. The number of morpholine rings is 1. The molecule has 1 aliphatic rings. The quantitative estimate of drug-likeness (QED) is 0.835. The van der Waals surface area contributed by atoms with E-state index in [1.54, 1.807) is 24.3 Å². The molecule has 4 nitrogen and oxygen atoms in total. The molecule has 1 fully saturated rings. The summed E-state index contributed by atoms with van der Waals surface area (Å²) in [5.74, 6) is 0.619. The highest BCUT2D eigenvalue weighted by molar-refractivity contribution is 6.30. The maximum absolute atomic E-state index is 12.4. The molecule has 1 heterocycles. The van der Waals surface area contributed by atoms with Crippen molar-refractivity contribution in [3.05, 3.63) is 65.2 Å². The summed E-state index contributed by atoms with van der Waals surface area (Å²) in [4.78, 5) is 14.2. The van der Waals surface area contributed by atoms with Crippen LogP contribution in [0.25, 0.3) is 0 Å². The third-order valence-electron chi connectivity index (χ3n) is 3.97. The average molecular weight is 346 g/mol. The van der Waals surface area contributed by atoms with Gasteiger partial charge in [-0.3, -0.25) is 4.79 Å². The molecule has 1 aliphatic heterocycles. The van der Waals surface area contributed by atoms with Gasteiger partial charge in [0, 0.05) is 24.5 Å². The molecule has 126 valence electrons. The second-order valence-electron chi connectivity index (χ2n) is 5.76. The number of hydrogen-bond donors (Lipinski definition) is 0. The van der Waals surface area contributed by atoms with Gasteiger partial charge in [0.25, 0.3) is 5.91 Å². The summed E-state index contributed by atoms with van der Waals surface area (Å²) < 4.78 is 11.3. The molecule has 0 saturated carbocycles. The second kappa shape index (κ2) is 8.18. The molecule has 2 aromatic rings. The van der Waals surface area contributed by atoms with E-state index in [1.165, 1.54) is 5.56 Å². The van der Waals surface area contributed by atoms with Crippen LogP contribution in [-0.2, 0) is 16.0 Å². The van der Waals surface area contributed by atoms with Gasteiger partial charge in [0.15, 0.2) is 6.61 Å². The van der Waals surface area contributed by atoms with Gasteiger partial charge in [-0.2, -0.15) is 0 Å². The van der Waals surface area contributed by atoms with E-state index in [4.69, 9.17) is 21.1 Å². The number of rotatable bonds is 5. The Hall–Kier alpha value is -2.04. The highest BCUT2D eigenvalue weighted by Gasteiger charge is 2.24. The number of benzene rings is 2. The molecular weight excluding hydrogens is 326 g/mol. The van der Waals surface area contributed by atoms with Crippen molar-refractivity contribution in [2.45, 2.75) is 12.5 Å².